The molecular weight excluding hydrogens is 272 g/mol. The highest BCUT2D eigenvalue weighted by Crippen LogP contribution is 2.27. The average Bonchev–Trinajstić information content (AvgIpc) is 2.77. The fourth-order valence-electron chi connectivity index (χ4n) is 3.42. The van der Waals surface area contributed by atoms with Gasteiger partial charge in [0.05, 0.1) is 18.4 Å². The molecule has 2 fully saturated rings. The van der Waals surface area contributed by atoms with Crippen LogP contribution in [0.15, 0.2) is 0 Å². The van der Waals surface area contributed by atoms with Gasteiger partial charge in [-0.3, -0.25) is 24.2 Å². The van der Waals surface area contributed by atoms with Crippen LogP contribution < -0.4 is 0 Å². The van der Waals surface area contributed by atoms with E-state index >= 15 is 0 Å². The number of rotatable bonds is 5. The van der Waals surface area contributed by atoms with E-state index in [0.717, 1.165) is 12.8 Å². The summed E-state index contributed by atoms with van der Waals surface area (Å²) in [6.07, 6.45) is 2.91. The van der Waals surface area contributed by atoms with E-state index in [-0.39, 0.29) is 36.2 Å². The fourth-order valence-corrected chi connectivity index (χ4v) is 3.42. The number of imide groups is 1. The number of hydrogen-bond donors (Lipinski definition) is 1. The van der Waals surface area contributed by atoms with Crippen LogP contribution in [-0.4, -0.2) is 57.9 Å². The van der Waals surface area contributed by atoms with Gasteiger partial charge in [0, 0.05) is 6.04 Å². The minimum Gasteiger partial charge on any atom is -0.481 e. The Morgan fingerprint density at radius 3 is 2.29 bits per heavy atom. The van der Waals surface area contributed by atoms with Crippen molar-refractivity contribution in [3.05, 3.63) is 0 Å². The van der Waals surface area contributed by atoms with Gasteiger partial charge in [-0.1, -0.05) is 13.8 Å². The third-order valence-electron chi connectivity index (χ3n) is 4.79. The first kappa shape index (κ1) is 15.9. The Kier molecular flexibility index (Phi) is 4.98. The third kappa shape index (κ3) is 3.10. The standard InChI is InChI=1S/C15H24N2O4/c1-3-11(4-2)17-13(18)9-12(14(17)19)16-7-5-10(6-8-16)15(20)21/h10-12H,3-9H2,1-2H3,(H,20,21). The predicted octanol–water partition coefficient (Wildman–Crippen LogP) is 1.10. The molecule has 6 nitrogen and oxygen atoms in total. The third-order valence-corrected chi connectivity index (χ3v) is 4.79. The van der Waals surface area contributed by atoms with Gasteiger partial charge in [-0.15, -0.1) is 0 Å². The van der Waals surface area contributed by atoms with Crippen LogP contribution in [0.1, 0.15) is 46.0 Å². The molecule has 0 radical (unpaired) electrons. The molecule has 1 N–H and O–H groups in total. The van der Waals surface area contributed by atoms with E-state index in [4.69, 9.17) is 5.11 Å². The molecule has 2 aliphatic rings. The Hall–Kier alpha value is -1.43. The van der Waals surface area contributed by atoms with Crippen molar-refractivity contribution in [2.75, 3.05) is 13.1 Å². The Labute approximate surface area is 125 Å². The van der Waals surface area contributed by atoms with Crippen LogP contribution in [-0.2, 0) is 14.4 Å². The second-order valence-electron chi connectivity index (χ2n) is 5.94. The number of amides is 2. The molecule has 0 aromatic carbocycles. The highest BCUT2D eigenvalue weighted by Gasteiger charge is 2.45. The van der Waals surface area contributed by atoms with Crippen molar-refractivity contribution >= 4 is 17.8 Å². The number of hydrogen-bond acceptors (Lipinski definition) is 4. The average molecular weight is 296 g/mol. The molecule has 2 rings (SSSR count). The summed E-state index contributed by atoms with van der Waals surface area (Å²) in [5.41, 5.74) is 0. The molecule has 1 atom stereocenters. The molecule has 1 unspecified atom stereocenters. The van der Waals surface area contributed by atoms with Gasteiger partial charge in [-0.25, -0.2) is 0 Å². The summed E-state index contributed by atoms with van der Waals surface area (Å²) in [5.74, 6) is -1.26. The van der Waals surface area contributed by atoms with Gasteiger partial charge < -0.3 is 5.11 Å². The van der Waals surface area contributed by atoms with Crippen LogP contribution in [0.2, 0.25) is 0 Å². The maximum Gasteiger partial charge on any atom is 0.306 e. The SMILES string of the molecule is CCC(CC)N1C(=O)CC(N2CCC(C(=O)O)CC2)C1=O. The monoisotopic (exact) mass is 296 g/mol. The van der Waals surface area contributed by atoms with Crippen molar-refractivity contribution in [1.29, 1.82) is 0 Å². The van der Waals surface area contributed by atoms with E-state index in [2.05, 4.69) is 0 Å². The molecule has 0 aromatic heterocycles. The predicted molar refractivity (Wildman–Crippen MR) is 76.6 cm³/mol. The lowest BCUT2D eigenvalue weighted by Gasteiger charge is -2.33. The summed E-state index contributed by atoms with van der Waals surface area (Å²) >= 11 is 0. The maximum atomic E-state index is 12.5. The van der Waals surface area contributed by atoms with Gasteiger partial charge in [0.1, 0.15) is 0 Å². The second kappa shape index (κ2) is 6.56. The van der Waals surface area contributed by atoms with Gasteiger partial charge in [-0.05, 0) is 38.8 Å². The summed E-state index contributed by atoms with van der Waals surface area (Å²) in [4.78, 5) is 39.1. The van der Waals surface area contributed by atoms with Gasteiger partial charge in [0.2, 0.25) is 11.8 Å². The molecule has 2 heterocycles. The van der Waals surface area contributed by atoms with Gasteiger partial charge in [-0.2, -0.15) is 0 Å². The van der Waals surface area contributed by atoms with E-state index in [1.807, 2.05) is 18.7 Å². The number of likely N-dealkylation sites (tertiary alicyclic amines) is 2. The minimum absolute atomic E-state index is 0.00782. The molecule has 0 spiro atoms. The van der Waals surface area contributed by atoms with Crippen molar-refractivity contribution in [1.82, 2.24) is 9.80 Å². The van der Waals surface area contributed by atoms with Crippen molar-refractivity contribution in [3.63, 3.8) is 0 Å². The summed E-state index contributed by atoms with van der Waals surface area (Å²) < 4.78 is 0. The Balaban J connectivity index is 2.01. The number of carbonyl (C=O) groups is 3. The van der Waals surface area contributed by atoms with Crippen LogP contribution in [0, 0.1) is 5.92 Å². The summed E-state index contributed by atoms with van der Waals surface area (Å²) in [6.45, 7) is 5.13. The van der Waals surface area contributed by atoms with Crippen molar-refractivity contribution in [2.24, 2.45) is 5.92 Å². The zero-order valence-corrected chi connectivity index (χ0v) is 12.7. The van der Waals surface area contributed by atoms with Crippen LogP contribution in [0.4, 0.5) is 0 Å². The molecule has 21 heavy (non-hydrogen) atoms. The molecular formula is C15H24N2O4. The van der Waals surface area contributed by atoms with E-state index in [1.165, 1.54) is 4.90 Å². The van der Waals surface area contributed by atoms with Crippen molar-refractivity contribution in [3.8, 4) is 0 Å². The lowest BCUT2D eigenvalue weighted by molar-refractivity contribution is -0.143. The Bertz CT molecular complexity index is 425. The minimum atomic E-state index is -0.762. The number of nitrogens with zero attached hydrogens (tertiary/aromatic N) is 2. The molecule has 2 aliphatic heterocycles. The number of aliphatic carboxylic acids is 1. The number of carboxylic acid groups (broad SMARTS) is 1. The largest absolute Gasteiger partial charge is 0.481 e. The maximum absolute atomic E-state index is 12.5. The molecule has 2 saturated heterocycles. The molecule has 0 aliphatic carbocycles. The Morgan fingerprint density at radius 1 is 1.24 bits per heavy atom. The van der Waals surface area contributed by atoms with E-state index in [1.54, 1.807) is 0 Å². The molecule has 2 amide bonds. The van der Waals surface area contributed by atoms with E-state index in [0.29, 0.717) is 25.9 Å². The van der Waals surface area contributed by atoms with E-state index in [9.17, 15) is 14.4 Å². The fraction of sp³-hybridized carbons (Fsp3) is 0.800. The molecule has 0 aromatic rings. The molecule has 6 heteroatoms. The summed E-state index contributed by atoms with van der Waals surface area (Å²) in [6, 6.07) is -0.389. The van der Waals surface area contributed by atoms with Gasteiger partial charge in [0.25, 0.3) is 0 Å². The number of carbonyl (C=O) groups excluding carboxylic acids is 2. The number of piperidine rings is 1. The lowest BCUT2D eigenvalue weighted by Crippen LogP contribution is -2.48. The van der Waals surface area contributed by atoms with Crippen LogP contribution in [0.3, 0.4) is 0 Å². The number of carboxylic acids is 1. The molecule has 0 saturated carbocycles. The first-order chi connectivity index (χ1) is 9.99. The quantitative estimate of drug-likeness (QED) is 0.769. The first-order valence-electron chi connectivity index (χ1n) is 7.82. The summed E-state index contributed by atoms with van der Waals surface area (Å²) in [7, 11) is 0. The lowest BCUT2D eigenvalue weighted by atomic mass is 9.95. The van der Waals surface area contributed by atoms with Gasteiger partial charge >= 0.3 is 5.97 Å². The molecule has 118 valence electrons. The smallest absolute Gasteiger partial charge is 0.306 e. The van der Waals surface area contributed by atoms with Gasteiger partial charge in [0.15, 0.2) is 0 Å². The van der Waals surface area contributed by atoms with Crippen molar-refractivity contribution in [2.45, 2.75) is 58.0 Å². The van der Waals surface area contributed by atoms with Crippen LogP contribution in [0.5, 0.6) is 0 Å². The van der Waals surface area contributed by atoms with Crippen LogP contribution >= 0.6 is 0 Å². The highest BCUT2D eigenvalue weighted by molar-refractivity contribution is 6.05. The Morgan fingerprint density at radius 2 is 1.81 bits per heavy atom. The van der Waals surface area contributed by atoms with Crippen molar-refractivity contribution < 1.29 is 19.5 Å². The zero-order valence-electron chi connectivity index (χ0n) is 12.7. The first-order valence-corrected chi connectivity index (χ1v) is 7.82. The van der Waals surface area contributed by atoms with E-state index < -0.39 is 5.97 Å². The molecule has 0 bridgehead atoms. The highest BCUT2D eigenvalue weighted by atomic mass is 16.4. The second-order valence-corrected chi connectivity index (χ2v) is 5.94. The summed E-state index contributed by atoms with van der Waals surface area (Å²) in [5, 5.41) is 9.01. The van der Waals surface area contributed by atoms with Crippen LogP contribution in [0.25, 0.3) is 0 Å². The zero-order chi connectivity index (χ0) is 15.6. The normalized spacial score (nSPS) is 25.1. The topological polar surface area (TPSA) is 77.9 Å².